The zero-order valence-corrected chi connectivity index (χ0v) is 11.4. The van der Waals surface area contributed by atoms with Crippen molar-refractivity contribution in [2.45, 2.75) is 19.9 Å². The van der Waals surface area contributed by atoms with Crippen LogP contribution in [-0.2, 0) is 13.0 Å². The van der Waals surface area contributed by atoms with E-state index in [1.54, 1.807) is 12.1 Å². The predicted molar refractivity (Wildman–Crippen MR) is 78.1 cm³/mol. The first-order valence-electron chi connectivity index (χ1n) is 6.48. The molecule has 0 fully saturated rings. The number of nitrogens with zero attached hydrogens (tertiary/aromatic N) is 1. The van der Waals surface area contributed by atoms with Gasteiger partial charge in [0.1, 0.15) is 0 Å². The first kappa shape index (κ1) is 13.8. The molecule has 2 rings (SSSR count). The lowest BCUT2D eigenvalue weighted by Crippen LogP contribution is -2.22. The van der Waals surface area contributed by atoms with Gasteiger partial charge in [0.15, 0.2) is 0 Å². The molecule has 0 saturated carbocycles. The van der Waals surface area contributed by atoms with Crippen LogP contribution in [-0.4, -0.2) is 5.91 Å². The molecule has 0 spiro atoms. The largest absolute Gasteiger partial charge is 0.348 e. The molecule has 0 unspecified atom stereocenters. The highest BCUT2D eigenvalue weighted by atomic mass is 16.1. The molecule has 0 aliphatic rings. The van der Waals surface area contributed by atoms with Crippen molar-refractivity contribution in [1.29, 1.82) is 5.26 Å². The molecule has 1 N–H and O–H groups in total. The van der Waals surface area contributed by atoms with E-state index >= 15 is 0 Å². The maximum absolute atomic E-state index is 12.0. The second-order valence-corrected chi connectivity index (χ2v) is 4.70. The highest BCUT2D eigenvalue weighted by molar-refractivity contribution is 5.94. The maximum Gasteiger partial charge on any atom is 0.251 e. The van der Waals surface area contributed by atoms with E-state index in [9.17, 15) is 4.79 Å². The third-order valence-corrected chi connectivity index (χ3v) is 3.07. The molecule has 0 aliphatic heterocycles. The first-order valence-corrected chi connectivity index (χ1v) is 6.48. The molecule has 20 heavy (non-hydrogen) atoms. The van der Waals surface area contributed by atoms with Gasteiger partial charge in [-0.05, 0) is 30.2 Å². The number of carbonyl (C=O) groups is 1. The SMILES string of the molecule is Cc1ccc(CNC(=O)c2ccc(CC#N)cc2)cc1. The molecule has 100 valence electrons. The van der Waals surface area contributed by atoms with Gasteiger partial charge >= 0.3 is 0 Å². The van der Waals surface area contributed by atoms with Gasteiger partial charge in [0.05, 0.1) is 12.5 Å². The van der Waals surface area contributed by atoms with Crippen LogP contribution in [0.3, 0.4) is 0 Å². The smallest absolute Gasteiger partial charge is 0.251 e. The predicted octanol–water partition coefficient (Wildman–Crippen LogP) is 2.99. The number of amides is 1. The summed E-state index contributed by atoms with van der Waals surface area (Å²) in [6.07, 6.45) is 0.366. The number of aryl methyl sites for hydroxylation is 1. The summed E-state index contributed by atoms with van der Waals surface area (Å²) in [5.74, 6) is -0.103. The van der Waals surface area contributed by atoms with Crippen molar-refractivity contribution < 1.29 is 4.79 Å². The molecule has 2 aromatic rings. The van der Waals surface area contributed by atoms with Crippen LogP contribution < -0.4 is 5.32 Å². The Morgan fingerprint density at radius 2 is 1.65 bits per heavy atom. The van der Waals surface area contributed by atoms with E-state index in [-0.39, 0.29) is 5.91 Å². The lowest BCUT2D eigenvalue weighted by molar-refractivity contribution is 0.0951. The molecular weight excluding hydrogens is 248 g/mol. The number of carbonyl (C=O) groups excluding carboxylic acids is 1. The minimum atomic E-state index is -0.103. The van der Waals surface area contributed by atoms with E-state index in [1.165, 1.54) is 5.56 Å². The summed E-state index contributed by atoms with van der Waals surface area (Å²) in [4.78, 5) is 12.0. The van der Waals surface area contributed by atoms with E-state index in [2.05, 4.69) is 11.4 Å². The summed E-state index contributed by atoms with van der Waals surface area (Å²) in [6.45, 7) is 2.55. The van der Waals surface area contributed by atoms with E-state index in [4.69, 9.17) is 5.26 Å². The molecule has 0 atom stereocenters. The average molecular weight is 264 g/mol. The van der Waals surface area contributed by atoms with Crippen molar-refractivity contribution in [3.8, 4) is 6.07 Å². The summed E-state index contributed by atoms with van der Waals surface area (Å²) in [7, 11) is 0. The van der Waals surface area contributed by atoms with Gasteiger partial charge in [-0.15, -0.1) is 0 Å². The molecule has 0 radical (unpaired) electrons. The minimum Gasteiger partial charge on any atom is -0.348 e. The van der Waals surface area contributed by atoms with Crippen molar-refractivity contribution >= 4 is 5.91 Å². The van der Waals surface area contributed by atoms with Crippen LogP contribution in [0.4, 0.5) is 0 Å². The van der Waals surface area contributed by atoms with Gasteiger partial charge in [0, 0.05) is 12.1 Å². The molecule has 0 heterocycles. The topological polar surface area (TPSA) is 52.9 Å². The van der Waals surface area contributed by atoms with E-state index in [0.717, 1.165) is 11.1 Å². The molecule has 0 bridgehead atoms. The van der Waals surface area contributed by atoms with Gasteiger partial charge in [0.2, 0.25) is 0 Å². The molecule has 0 aromatic heterocycles. The van der Waals surface area contributed by atoms with Crippen LogP contribution in [0.1, 0.15) is 27.0 Å². The molecule has 1 amide bonds. The van der Waals surface area contributed by atoms with Crippen molar-refractivity contribution in [1.82, 2.24) is 5.32 Å². The highest BCUT2D eigenvalue weighted by Gasteiger charge is 2.05. The lowest BCUT2D eigenvalue weighted by Gasteiger charge is -2.06. The lowest BCUT2D eigenvalue weighted by atomic mass is 10.1. The monoisotopic (exact) mass is 264 g/mol. The Hall–Kier alpha value is -2.60. The molecule has 3 heteroatoms. The van der Waals surface area contributed by atoms with Crippen molar-refractivity contribution in [3.63, 3.8) is 0 Å². The summed E-state index contributed by atoms with van der Waals surface area (Å²) >= 11 is 0. The fourth-order valence-corrected chi connectivity index (χ4v) is 1.86. The molecule has 0 aliphatic carbocycles. The Kier molecular flexibility index (Phi) is 4.52. The zero-order valence-electron chi connectivity index (χ0n) is 11.4. The number of hydrogen-bond donors (Lipinski definition) is 1. The average Bonchev–Trinajstić information content (AvgIpc) is 2.47. The summed E-state index contributed by atoms with van der Waals surface area (Å²) in [5, 5.41) is 11.5. The summed E-state index contributed by atoms with van der Waals surface area (Å²) < 4.78 is 0. The van der Waals surface area contributed by atoms with Crippen LogP contribution in [0.15, 0.2) is 48.5 Å². The van der Waals surface area contributed by atoms with Crippen LogP contribution in [0.2, 0.25) is 0 Å². The fraction of sp³-hybridized carbons (Fsp3) is 0.176. The van der Waals surface area contributed by atoms with Gasteiger partial charge in [-0.2, -0.15) is 5.26 Å². The zero-order chi connectivity index (χ0) is 14.4. The minimum absolute atomic E-state index is 0.103. The first-order chi connectivity index (χ1) is 9.69. The standard InChI is InChI=1S/C17H16N2O/c1-13-2-4-15(5-3-13)12-19-17(20)16-8-6-14(7-9-16)10-11-18/h2-9H,10,12H2,1H3,(H,19,20). The van der Waals surface area contributed by atoms with Gasteiger partial charge < -0.3 is 5.32 Å². The Labute approximate surface area is 118 Å². The van der Waals surface area contributed by atoms with E-state index in [0.29, 0.717) is 18.5 Å². The van der Waals surface area contributed by atoms with Crippen molar-refractivity contribution in [2.75, 3.05) is 0 Å². The van der Waals surface area contributed by atoms with Crippen LogP contribution in [0, 0.1) is 18.3 Å². The molecular formula is C17H16N2O. The number of nitrogens with one attached hydrogen (secondary N) is 1. The second-order valence-electron chi connectivity index (χ2n) is 4.70. The molecule has 2 aromatic carbocycles. The Morgan fingerprint density at radius 3 is 2.25 bits per heavy atom. The quantitative estimate of drug-likeness (QED) is 0.923. The second kappa shape index (κ2) is 6.53. The van der Waals surface area contributed by atoms with E-state index < -0.39 is 0 Å². The fourth-order valence-electron chi connectivity index (χ4n) is 1.86. The highest BCUT2D eigenvalue weighted by Crippen LogP contribution is 2.06. The number of hydrogen-bond acceptors (Lipinski definition) is 2. The van der Waals surface area contributed by atoms with Crippen LogP contribution in [0.25, 0.3) is 0 Å². The van der Waals surface area contributed by atoms with Crippen molar-refractivity contribution in [3.05, 3.63) is 70.8 Å². The van der Waals surface area contributed by atoms with Crippen LogP contribution >= 0.6 is 0 Å². The number of nitriles is 1. The third kappa shape index (κ3) is 3.69. The summed E-state index contributed by atoms with van der Waals surface area (Å²) in [6, 6.07) is 17.3. The normalized spacial score (nSPS) is 9.80. The van der Waals surface area contributed by atoms with Gasteiger partial charge in [0.25, 0.3) is 5.91 Å². The van der Waals surface area contributed by atoms with Gasteiger partial charge in [-0.3, -0.25) is 4.79 Å². The third-order valence-electron chi connectivity index (χ3n) is 3.07. The molecule has 0 saturated heterocycles. The Balaban J connectivity index is 1.94. The van der Waals surface area contributed by atoms with Crippen LogP contribution in [0.5, 0.6) is 0 Å². The van der Waals surface area contributed by atoms with Gasteiger partial charge in [-0.25, -0.2) is 0 Å². The Bertz CT molecular complexity index is 622. The van der Waals surface area contributed by atoms with E-state index in [1.807, 2.05) is 43.3 Å². The van der Waals surface area contributed by atoms with Gasteiger partial charge in [-0.1, -0.05) is 42.0 Å². The number of rotatable bonds is 4. The van der Waals surface area contributed by atoms with Crippen molar-refractivity contribution in [2.24, 2.45) is 0 Å². The number of benzene rings is 2. The maximum atomic E-state index is 12.0. The summed E-state index contributed by atoms with van der Waals surface area (Å²) in [5.41, 5.74) is 3.81. The molecule has 3 nitrogen and oxygen atoms in total. The Morgan fingerprint density at radius 1 is 1.05 bits per heavy atom.